The van der Waals surface area contributed by atoms with E-state index >= 15 is 0 Å². The number of aliphatic hydroxyl groups is 1. The summed E-state index contributed by atoms with van der Waals surface area (Å²) in [6, 6.07) is 9.48. The molecule has 1 aromatic rings. The van der Waals surface area contributed by atoms with Gasteiger partial charge in [-0.3, -0.25) is 4.90 Å². The van der Waals surface area contributed by atoms with Crippen LogP contribution in [-0.4, -0.2) is 49.6 Å². The largest absolute Gasteiger partial charge is 0.384 e. The van der Waals surface area contributed by atoms with Gasteiger partial charge in [-0.15, -0.1) is 0 Å². The van der Waals surface area contributed by atoms with Crippen LogP contribution in [0.25, 0.3) is 0 Å². The summed E-state index contributed by atoms with van der Waals surface area (Å²) < 4.78 is 22.7. The molecule has 1 saturated heterocycles. The van der Waals surface area contributed by atoms with Gasteiger partial charge in [-0.1, -0.05) is 30.3 Å². The van der Waals surface area contributed by atoms with Gasteiger partial charge in [0.15, 0.2) is 9.84 Å². The van der Waals surface area contributed by atoms with Crippen LogP contribution < -0.4 is 0 Å². The molecule has 0 radical (unpaired) electrons. The predicted molar refractivity (Wildman–Crippen MR) is 71.1 cm³/mol. The van der Waals surface area contributed by atoms with Crippen LogP contribution in [0.3, 0.4) is 0 Å². The molecule has 1 heterocycles. The molecule has 0 aliphatic carbocycles. The molecule has 5 heteroatoms. The van der Waals surface area contributed by atoms with Gasteiger partial charge in [0.05, 0.1) is 17.1 Å². The van der Waals surface area contributed by atoms with Gasteiger partial charge in [0, 0.05) is 19.6 Å². The SMILES string of the molecule is CC(O)(CN1CCS(=O)(=O)CC1)c1ccccc1. The van der Waals surface area contributed by atoms with E-state index in [2.05, 4.69) is 0 Å². The van der Waals surface area contributed by atoms with E-state index in [4.69, 9.17) is 0 Å². The molecule has 1 N–H and O–H groups in total. The number of nitrogens with zero attached hydrogens (tertiary/aromatic N) is 1. The molecule has 2 rings (SSSR count). The maximum Gasteiger partial charge on any atom is 0.152 e. The van der Waals surface area contributed by atoms with E-state index in [1.807, 2.05) is 35.2 Å². The standard InChI is InChI=1S/C13H19NO3S/c1-13(15,12-5-3-2-4-6-12)11-14-7-9-18(16,17)10-8-14/h2-6,15H,7-11H2,1H3. The summed E-state index contributed by atoms with van der Waals surface area (Å²) in [6.07, 6.45) is 0. The third kappa shape index (κ3) is 3.31. The molecule has 0 spiro atoms. The lowest BCUT2D eigenvalue weighted by Gasteiger charge is -2.34. The number of benzene rings is 1. The topological polar surface area (TPSA) is 57.6 Å². The van der Waals surface area contributed by atoms with Crippen LogP contribution in [0.4, 0.5) is 0 Å². The average molecular weight is 269 g/mol. The molecule has 1 aromatic carbocycles. The molecule has 4 nitrogen and oxygen atoms in total. The monoisotopic (exact) mass is 269 g/mol. The Morgan fingerprint density at radius 2 is 1.78 bits per heavy atom. The molecule has 18 heavy (non-hydrogen) atoms. The molecule has 1 aliphatic rings. The van der Waals surface area contributed by atoms with Crippen LogP contribution in [0.5, 0.6) is 0 Å². The molecule has 0 saturated carbocycles. The van der Waals surface area contributed by atoms with Crippen molar-refractivity contribution < 1.29 is 13.5 Å². The molecule has 0 amide bonds. The molecule has 0 bridgehead atoms. The highest BCUT2D eigenvalue weighted by molar-refractivity contribution is 7.91. The van der Waals surface area contributed by atoms with Crippen molar-refractivity contribution in [2.45, 2.75) is 12.5 Å². The van der Waals surface area contributed by atoms with Crippen LogP contribution >= 0.6 is 0 Å². The fraction of sp³-hybridized carbons (Fsp3) is 0.538. The second-order valence-corrected chi connectivity index (χ2v) is 7.37. The fourth-order valence-corrected chi connectivity index (χ4v) is 3.51. The summed E-state index contributed by atoms with van der Waals surface area (Å²) >= 11 is 0. The lowest BCUT2D eigenvalue weighted by atomic mass is 9.95. The summed E-state index contributed by atoms with van der Waals surface area (Å²) in [5.41, 5.74) is -0.0824. The number of β-amino-alcohol motifs (C(OH)–C–C–N with tert-alkyl or cyclic N) is 1. The third-order valence-electron chi connectivity index (χ3n) is 3.36. The Bertz CT molecular complexity index is 482. The summed E-state index contributed by atoms with van der Waals surface area (Å²) in [7, 11) is -2.86. The Hall–Kier alpha value is -0.910. The second-order valence-electron chi connectivity index (χ2n) is 5.07. The van der Waals surface area contributed by atoms with Crippen molar-refractivity contribution in [3.8, 4) is 0 Å². The van der Waals surface area contributed by atoms with E-state index in [9.17, 15) is 13.5 Å². The third-order valence-corrected chi connectivity index (χ3v) is 4.97. The second kappa shape index (κ2) is 4.99. The minimum absolute atomic E-state index is 0.192. The van der Waals surface area contributed by atoms with E-state index in [1.165, 1.54) is 0 Å². The highest BCUT2D eigenvalue weighted by Crippen LogP contribution is 2.22. The first-order valence-electron chi connectivity index (χ1n) is 6.10. The quantitative estimate of drug-likeness (QED) is 0.874. The number of hydrogen-bond donors (Lipinski definition) is 1. The number of rotatable bonds is 3. The Balaban J connectivity index is 2.01. The van der Waals surface area contributed by atoms with Crippen molar-refractivity contribution >= 4 is 9.84 Å². The molecule has 0 aromatic heterocycles. The lowest BCUT2D eigenvalue weighted by molar-refractivity contribution is 0.0183. The van der Waals surface area contributed by atoms with Gasteiger partial charge >= 0.3 is 0 Å². The molecule has 1 aliphatic heterocycles. The summed E-state index contributed by atoms with van der Waals surface area (Å²) in [4.78, 5) is 2.01. The first-order chi connectivity index (χ1) is 8.39. The van der Waals surface area contributed by atoms with Crippen molar-refractivity contribution in [2.75, 3.05) is 31.1 Å². The van der Waals surface area contributed by atoms with Crippen LogP contribution in [0, 0.1) is 0 Å². The van der Waals surface area contributed by atoms with Gasteiger partial charge < -0.3 is 5.11 Å². The highest BCUT2D eigenvalue weighted by atomic mass is 32.2. The summed E-state index contributed by atoms with van der Waals surface area (Å²) in [6.45, 7) is 3.24. The highest BCUT2D eigenvalue weighted by Gasteiger charge is 2.29. The predicted octanol–water partition coefficient (Wildman–Crippen LogP) is 0.624. The van der Waals surface area contributed by atoms with Crippen molar-refractivity contribution in [1.29, 1.82) is 0 Å². The normalized spacial score (nSPS) is 23.4. The minimum atomic E-state index is -2.86. The van der Waals surface area contributed by atoms with Crippen molar-refractivity contribution in [3.63, 3.8) is 0 Å². The smallest absolute Gasteiger partial charge is 0.152 e. The molecule has 1 unspecified atom stereocenters. The molecule has 1 atom stereocenters. The molecule has 1 fully saturated rings. The van der Waals surface area contributed by atoms with Crippen molar-refractivity contribution in [2.24, 2.45) is 0 Å². The van der Waals surface area contributed by atoms with Crippen LogP contribution in [0.1, 0.15) is 12.5 Å². The average Bonchev–Trinajstić information content (AvgIpc) is 2.33. The van der Waals surface area contributed by atoms with Gasteiger partial charge in [0.2, 0.25) is 0 Å². The van der Waals surface area contributed by atoms with E-state index in [0.29, 0.717) is 19.6 Å². The Kier molecular flexibility index (Phi) is 3.75. The zero-order valence-corrected chi connectivity index (χ0v) is 11.4. The Labute approximate surface area is 108 Å². The number of sulfone groups is 1. The Morgan fingerprint density at radius 1 is 1.22 bits per heavy atom. The van der Waals surface area contributed by atoms with Crippen LogP contribution in [0.15, 0.2) is 30.3 Å². The van der Waals surface area contributed by atoms with Crippen LogP contribution in [0.2, 0.25) is 0 Å². The Morgan fingerprint density at radius 3 is 2.33 bits per heavy atom. The van der Waals surface area contributed by atoms with E-state index in [0.717, 1.165) is 5.56 Å². The zero-order valence-electron chi connectivity index (χ0n) is 10.5. The minimum Gasteiger partial charge on any atom is -0.384 e. The fourth-order valence-electron chi connectivity index (χ4n) is 2.23. The summed E-state index contributed by atoms with van der Waals surface area (Å²) in [5.74, 6) is 0.385. The molecular weight excluding hydrogens is 250 g/mol. The first-order valence-corrected chi connectivity index (χ1v) is 7.92. The van der Waals surface area contributed by atoms with E-state index < -0.39 is 15.4 Å². The van der Waals surface area contributed by atoms with Gasteiger partial charge in [-0.2, -0.15) is 0 Å². The van der Waals surface area contributed by atoms with Gasteiger partial charge in [0.25, 0.3) is 0 Å². The van der Waals surface area contributed by atoms with Crippen molar-refractivity contribution in [1.82, 2.24) is 4.90 Å². The maximum absolute atomic E-state index is 11.3. The maximum atomic E-state index is 11.3. The molecular formula is C13H19NO3S. The van der Waals surface area contributed by atoms with Gasteiger partial charge in [0.1, 0.15) is 0 Å². The lowest BCUT2D eigenvalue weighted by Crippen LogP contribution is -2.46. The van der Waals surface area contributed by atoms with E-state index in [-0.39, 0.29) is 11.5 Å². The van der Waals surface area contributed by atoms with Crippen LogP contribution in [-0.2, 0) is 15.4 Å². The van der Waals surface area contributed by atoms with Gasteiger partial charge in [-0.25, -0.2) is 8.42 Å². The van der Waals surface area contributed by atoms with Gasteiger partial charge in [-0.05, 0) is 12.5 Å². The summed E-state index contributed by atoms with van der Waals surface area (Å²) in [5, 5.41) is 10.5. The first kappa shape index (κ1) is 13.5. The molecule has 100 valence electrons. The van der Waals surface area contributed by atoms with E-state index in [1.54, 1.807) is 6.92 Å². The zero-order chi connectivity index (χ0) is 13.2. The number of hydrogen-bond acceptors (Lipinski definition) is 4. The van der Waals surface area contributed by atoms with Crippen molar-refractivity contribution in [3.05, 3.63) is 35.9 Å².